The van der Waals surface area contributed by atoms with Crippen LogP contribution < -0.4 is 16.4 Å². The lowest BCUT2D eigenvalue weighted by atomic mass is 9.97. The molecule has 0 aromatic heterocycles. The molecule has 0 fully saturated rings. The van der Waals surface area contributed by atoms with E-state index in [0.717, 1.165) is 5.56 Å². The molecular formula is C21H33N3O5. The Balaban J connectivity index is 2.82. The SMILES string of the molecule is CCC(C)C(NC(=O)C(CC(C)C)NC(=O)C(N)Cc1ccc(O)cc1)C(=O)O. The van der Waals surface area contributed by atoms with Gasteiger partial charge in [-0.15, -0.1) is 0 Å². The summed E-state index contributed by atoms with van der Waals surface area (Å²) in [7, 11) is 0. The molecule has 2 amide bonds. The largest absolute Gasteiger partial charge is 0.508 e. The van der Waals surface area contributed by atoms with Crippen LogP contribution in [0.3, 0.4) is 0 Å². The van der Waals surface area contributed by atoms with Gasteiger partial charge >= 0.3 is 5.97 Å². The van der Waals surface area contributed by atoms with Gasteiger partial charge in [-0.1, -0.05) is 46.2 Å². The van der Waals surface area contributed by atoms with E-state index in [0.29, 0.717) is 12.8 Å². The predicted octanol–water partition coefficient (Wildman–Crippen LogP) is 1.41. The van der Waals surface area contributed by atoms with Crippen molar-refractivity contribution >= 4 is 17.8 Å². The Bertz CT molecular complexity index is 690. The molecule has 1 aromatic rings. The normalized spacial score (nSPS) is 15.2. The smallest absolute Gasteiger partial charge is 0.326 e. The van der Waals surface area contributed by atoms with E-state index < -0.39 is 35.9 Å². The first-order valence-electron chi connectivity index (χ1n) is 9.92. The van der Waals surface area contributed by atoms with Crippen molar-refractivity contribution < 1.29 is 24.6 Å². The average Bonchev–Trinajstić information content (AvgIpc) is 2.65. The molecule has 162 valence electrons. The zero-order chi connectivity index (χ0) is 22.1. The van der Waals surface area contributed by atoms with Crippen LogP contribution in [0.25, 0.3) is 0 Å². The van der Waals surface area contributed by atoms with Crippen molar-refractivity contribution in [1.82, 2.24) is 10.6 Å². The van der Waals surface area contributed by atoms with E-state index in [4.69, 9.17) is 5.73 Å². The van der Waals surface area contributed by atoms with Crippen molar-refractivity contribution in [2.45, 2.75) is 65.1 Å². The monoisotopic (exact) mass is 407 g/mol. The second-order valence-electron chi connectivity index (χ2n) is 7.88. The highest BCUT2D eigenvalue weighted by molar-refractivity contribution is 5.91. The van der Waals surface area contributed by atoms with E-state index in [1.807, 2.05) is 20.8 Å². The van der Waals surface area contributed by atoms with Gasteiger partial charge < -0.3 is 26.6 Å². The van der Waals surface area contributed by atoms with Crippen LogP contribution in [0.5, 0.6) is 5.75 Å². The summed E-state index contributed by atoms with van der Waals surface area (Å²) in [5.41, 5.74) is 6.76. The van der Waals surface area contributed by atoms with Crippen molar-refractivity contribution in [1.29, 1.82) is 0 Å². The summed E-state index contributed by atoms with van der Waals surface area (Å²) in [5.74, 6) is -2.15. The number of amides is 2. The third-order valence-electron chi connectivity index (χ3n) is 4.85. The number of carboxylic acid groups (broad SMARTS) is 1. The fourth-order valence-corrected chi connectivity index (χ4v) is 2.90. The maximum Gasteiger partial charge on any atom is 0.326 e. The van der Waals surface area contributed by atoms with Gasteiger partial charge in [-0.2, -0.15) is 0 Å². The first-order chi connectivity index (χ1) is 13.5. The van der Waals surface area contributed by atoms with Gasteiger partial charge in [0.05, 0.1) is 6.04 Å². The summed E-state index contributed by atoms with van der Waals surface area (Å²) in [6.45, 7) is 7.42. The van der Waals surface area contributed by atoms with Crippen molar-refractivity contribution in [3.05, 3.63) is 29.8 Å². The number of rotatable bonds is 11. The Morgan fingerprint density at radius 1 is 1.03 bits per heavy atom. The number of phenols is 1. The molecule has 4 unspecified atom stereocenters. The Kier molecular flexibility index (Phi) is 9.61. The molecule has 4 atom stereocenters. The summed E-state index contributed by atoms with van der Waals surface area (Å²) in [5, 5.41) is 23.9. The number of carbonyl (C=O) groups is 3. The Hall–Kier alpha value is -2.61. The molecule has 1 rings (SSSR count). The molecule has 0 saturated heterocycles. The number of benzene rings is 1. The molecule has 1 aromatic carbocycles. The van der Waals surface area contributed by atoms with Crippen LogP contribution >= 0.6 is 0 Å². The van der Waals surface area contributed by atoms with Gasteiger partial charge in [0.2, 0.25) is 11.8 Å². The topological polar surface area (TPSA) is 142 Å². The zero-order valence-electron chi connectivity index (χ0n) is 17.5. The molecule has 0 aliphatic carbocycles. The molecule has 0 saturated carbocycles. The molecular weight excluding hydrogens is 374 g/mol. The van der Waals surface area contributed by atoms with Crippen molar-refractivity contribution in [2.75, 3.05) is 0 Å². The lowest BCUT2D eigenvalue weighted by Gasteiger charge is -2.26. The number of nitrogens with one attached hydrogen (secondary N) is 2. The summed E-state index contributed by atoms with van der Waals surface area (Å²) >= 11 is 0. The number of phenolic OH excluding ortho intramolecular Hbond substituents is 1. The van der Waals surface area contributed by atoms with Gasteiger partial charge in [-0.3, -0.25) is 9.59 Å². The minimum Gasteiger partial charge on any atom is -0.508 e. The third-order valence-corrected chi connectivity index (χ3v) is 4.85. The number of aromatic hydroxyl groups is 1. The highest BCUT2D eigenvalue weighted by Gasteiger charge is 2.30. The van der Waals surface area contributed by atoms with Crippen LogP contribution in [0.4, 0.5) is 0 Å². The standard InChI is InChI=1S/C21H33N3O5/c1-5-13(4)18(21(28)29)24-20(27)17(10-12(2)3)23-19(26)16(22)11-14-6-8-15(25)9-7-14/h6-9,12-13,16-18,25H,5,10-11,22H2,1-4H3,(H,23,26)(H,24,27)(H,28,29). The molecule has 0 bridgehead atoms. The molecule has 8 heteroatoms. The Morgan fingerprint density at radius 3 is 2.10 bits per heavy atom. The molecule has 0 aliphatic rings. The first kappa shape index (κ1) is 24.4. The molecule has 8 nitrogen and oxygen atoms in total. The maximum atomic E-state index is 12.7. The molecule has 29 heavy (non-hydrogen) atoms. The number of carboxylic acids is 1. The van der Waals surface area contributed by atoms with Crippen LogP contribution in [0.15, 0.2) is 24.3 Å². The van der Waals surface area contributed by atoms with Crippen LogP contribution in [0, 0.1) is 11.8 Å². The summed E-state index contributed by atoms with van der Waals surface area (Å²) in [4.78, 5) is 36.7. The number of hydrogen-bond donors (Lipinski definition) is 5. The quantitative estimate of drug-likeness (QED) is 0.375. The van der Waals surface area contributed by atoms with Crippen LogP contribution in [0.1, 0.15) is 46.1 Å². The number of hydrogen-bond acceptors (Lipinski definition) is 5. The lowest BCUT2D eigenvalue weighted by molar-refractivity contribution is -0.143. The van der Waals surface area contributed by atoms with Gasteiger partial charge in [0.25, 0.3) is 0 Å². The number of carbonyl (C=O) groups excluding carboxylic acids is 2. The van der Waals surface area contributed by atoms with Gasteiger partial charge in [-0.25, -0.2) is 4.79 Å². The lowest BCUT2D eigenvalue weighted by Crippen LogP contribution is -2.56. The first-order valence-corrected chi connectivity index (χ1v) is 9.92. The Morgan fingerprint density at radius 2 is 1.62 bits per heavy atom. The van der Waals surface area contributed by atoms with E-state index in [1.165, 1.54) is 12.1 Å². The van der Waals surface area contributed by atoms with E-state index >= 15 is 0 Å². The zero-order valence-corrected chi connectivity index (χ0v) is 17.5. The predicted molar refractivity (Wildman–Crippen MR) is 110 cm³/mol. The van der Waals surface area contributed by atoms with Crippen LogP contribution in [-0.2, 0) is 20.8 Å². The highest BCUT2D eigenvalue weighted by atomic mass is 16.4. The summed E-state index contributed by atoms with van der Waals surface area (Å²) < 4.78 is 0. The summed E-state index contributed by atoms with van der Waals surface area (Å²) in [6, 6.07) is 3.58. The number of nitrogens with two attached hydrogens (primary N) is 1. The second kappa shape index (κ2) is 11.4. The van der Waals surface area contributed by atoms with Crippen LogP contribution in [-0.4, -0.2) is 46.1 Å². The molecule has 0 radical (unpaired) electrons. The van der Waals surface area contributed by atoms with E-state index in [1.54, 1.807) is 19.1 Å². The maximum absolute atomic E-state index is 12.7. The molecule has 0 heterocycles. The van der Waals surface area contributed by atoms with Crippen molar-refractivity contribution in [2.24, 2.45) is 17.6 Å². The van der Waals surface area contributed by atoms with Gasteiger partial charge in [0.15, 0.2) is 0 Å². The average molecular weight is 408 g/mol. The fraction of sp³-hybridized carbons (Fsp3) is 0.571. The van der Waals surface area contributed by atoms with Crippen LogP contribution in [0.2, 0.25) is 0 Å². The second-order valence-corrected chi connectivity index (χ2v) is 7.88. The fourth-order valence-electron chi connectivity index (χ4n) is 2.90. The highest BCUT2D eigenvalue weighted by Crippen LogP contribution is 2.13. The van der Waals surface area contributed by atoms with E-state index in [2.05, 4.69) is 10.6 Å². The van der Waals surface area contributed by atoms with E-state index in [9.17, 15) is 24.6 Å². The van der Waals surface area contributed by atoms with Crippen molar-refractivity contribution in [3.63, 3.8) is 0 Å². The summed E-state index contributed by atoms with van der Waals surface area (Å²) in [6.07, 6.45) is 1.19. The molecule has 6 N–H and O–H groups in total. The third kappa shape index (κ3) is 8.11. The van der Waals surface area contributed by atoms with Gasteiger partial charge in [-0.05, 0) is 42.4 Å². The Labute approximate surface area is 171 Å². The molecule has 0 aliphatic heterocycles. The minimum atomic E-state index is -1.11. The van der Waals surface area contributed by atoms with E-state index in [-0.39, 0.29) is 24.0 Å². The number of aliphatic carboxylic acids is 1. The minimum absolute atomic E-state index is 0.103. The van der Waals surface area contributed by atoms with Crippen molar-refractivity contribution in [3.8, 4) is 5.75 Å². The van der Waals surface area contributed by atoms with Gasteiger partial charge in [0, 0.05) is 0 Å². The molecule has 0 spiro atoms. The van der Waals surface area contributed by atoms with Gasteiger partial charge in [0.1, 0.15) is 17.8 Å².